The molecule has 0 aromatic rings. The standard InChI is InChI=1S/C15H24N2O3/c1-5-11-6-9-17(13(11)18)12-7-8-16(10-12)14(19)20-15(2,3)4/h5,12H,6-10H2,1-4H3/b11-5+/t12-/m1/s1. The van der Waals surface area contributed by atoms with E-state index in [1.807, 2.05) is 38.7 Å². The lowest BCUT2D eigenvalue weighted by Crippen LogP contribution is -2.41. The first-order valence-electron chi connectivity index (χ1n) is 7.26. The second-order valence-electron chi connectivity index (χ2n) is 6.43. The zero-order valence-electron chi connectivity index (χ0n) is 12.8. The summed E-state index contributed by atoms with van der Waals surface area (Å²) in [6, 6.07) is 0.132. The van der Waals surface area contributed by atoms with Gasteiger partial charge in [0.15, 0.2) is 0 Å². The lowest BCUT2D eigenvalue weighted by molar-refractivity contribution is -0.126. The molecule has 0 N–H and O–H groups in total. The van der Waals surface area contributed by atoms with Crippen LogP contribution in [0, 0.1) is 0 Å². The van der Waals surface area contributed by atoms with Crippen molar-refractivity contribution in [1.29, 1.82) is 0 Å². The summed E-state index contributed by atoms with van der Waals surface area (Å²) >= 11 is 0. The van der Waals surface area contributed by atoms with E-state index in [9.17, 15) is 9.59 Å². The highest BCUT2D eigenvalue weighted by atomic mass is 16.6. The van der Waals surface area contributed by atoms with Crippen LogP contribution < -0.4 is 0 Å². The van der Waals surface area contributed by atoms with Gasteiger partial charge in [0.05, 0.1) is 6.04 Å². The highest BCUT2D eigenvalue weighted by Crippen LogP contribution is 2.25. The Labute approximate surface area is 120 Å². The van der Waals surface area contributed by atoms with Gasteiger partial charge in [-0.05, 0) is 40.5 Å². The molecule has 0 aromatic carbocycles. The maximum atomic E-state index is 12.2. The first kappa shape index (κ1) is 14.9. The molecule has 2 amide bonds. The molecular weight excluding hydrogens is 256 g/mol. The fraction of sp³-hybridized carbons (Fsp3) is 0.733. The maximum absolute atomic E-state index is 12.2. The summed E-state index contributed by atoms with van der Waals surface area (Å²) in [5.74, 6) is 0.128. The van der Waals surface area contributed by atoms with Crippen molar-refractivity contribution >= 4 is 12.0 Å². The molecule has 0 aromatic heterocycles. The van der Waals surface area contributed by atoms with Gasteiger partial charge in [-0.25, -0.2) is 4.79 Å². The summed E-state index contributed by atoms with van der Waals surface area (Å²) in [6.07, 6.45) is 3.27. The maximum Gasteiger partial charge on any atom is 0.410 e. The molecule has 2 saturated heterocycles. The number of nitrogens with zero attached hydrogens (tertiary/aromatic N) is 2. The van der Waals surface area contributed by atoms with Gasteiger partial charge < -0.3 is 14.5 Å². The van der Waals surface area contributed by atoms with Gasteiger partial charge in [0, 0.05) is 25.2 Å². The number of hydrogen-bond donors (Lipinski definition) is 0. The number of amides is 2. The minimum Gasteiger partial charge on any atom is -0.444 e. The third kappa shape index (κ3) is 3.14. The third-order valence-corrected chi connectivity index (χ3v) is 3.76. The smallest absolute Gasteiger partial charge is 0.410 e. The normalized spacial score (nSPS) is 25.7. The Morgan fingerprint density at radius 2 is 2.05 bits per heavy atom. The lowest BCUT2D eigenvalue weighted by Gasteiger charge is -2.26. The van der Waals surface area contributed by atoms with Crippen molar-refractivity contribution in [3.8, 4) is 0 Å². The summed E-state index contributed by atoms with van der Waals surface area (Å²) in [5, 5.41) is 0. The minimum absolute atomic E-state index is 0.128. The fourth-order valence-electron chi connectivity index (χ4n) is 2.74. The molecule has 0 unspecified atom stereocenters. The molecule has 112 valence electrons. The Hall–Kier alpha value is -1.52. The Morgan fingerprint density at radius 1 is 1.35 bits per heavy atom. The molecule has 0 spiro atoms. The molecule has 5 heteroatoms. The van der Waals surface area contributed by atoms with Crippen LogP contribution in [0.3, 0.4) is 0 Å². The van der Waals surface area contributed by atoms with Crippen LogP contribution in [0.5, 0.6) is 0 Å². The quantitative estimate of drug-likeness (QED) is 0.692. The number of ether oxygens (including phenoxy) is 1. The van der Waals surface area contributed by atoms with E-state index in [-0.39, 0.29) is 18.0 Å². The van der Waals surface area contributed by atoms with Crippen molar-refractivity contribution in [3.63, 3.8) is 0 Å². The average molecular weight is 280 g/mol. The molecule has 2 aliphatic rings. The van der Waals surface area contributed by atoms with Crippen LogP contribution in [0.25, 0.3) is 0 Å². The molecule has 2 fully saturated rings. The molecule has 0 saturated carbocycles. The summed E-state index contributed by atoms with van der Waals surface area (Å²) < 4.78 is 5.37. The van der Waals surface area contributed by atoms with Gasteiger partial charge in [0.1, 0.15) is 5.60 Å². The number of carbonyl (C=O) groups is 2. The highest BCUT2D eigenvalue weighted by Gasteiger charge is 2.37. The SMILES string of the molecule is C/C=C1\CCN([C@@H]2CCN(C(=O)OC(C)(C)C)C2)C1=O. The summed E-state index contributed by atoms with van der Waals surface area (Å²) in [5.41, 5.74) is 0.414. The molecule has 0 aliphatic carbocycles. The van der Waals surface area contributed by atoms with E-state index in [2.05, 4.69) is 0 Å². The molecule has 5 nitrogen and oxygen atoms in total. The topological polar surface area (TPSA) is 49.9 Å². The summed E-state index contributed by atoms with van der Waals surface area (Å²) in [4.78, 5) is 27.8. The molecule has 2 aliphatic heterocycles. The minimum atomic E-state index is -0.475. The Morgan fingerprint density at radius 3 is 2.60 bits per heavy atom. The van der Waals surface area contributed by atoms with Crippen molar-refractivity contribution in [1.82, 2.24) is 9.80 Å². The third-order valence-electron chi connectivity index (χ3n) is 3.76. The first-order valence-corrected chi connectivity index (χ1v) is 7.26. The zero-order chi connectivity index (χ0) is 14.9. The molecule has 0 bridgehead atoms. The Bertz CT molecular complexity index is 437. The fourth-order valence-corrected chi connectivity index (χ4v) is 2.74. The number of allylic oxidation sites excluding steroid dienone is 1. The summed E-state index contributed by atoms with van der Waals surface area (Å²) in [6.45, 7) is 9.50. The van der Waals surface area contributed by atoms with Crippen molar-refractivity contribution in [2.75, 3.05) is 19.6 Å². The van der Waals surface area contributed by atoms with Gasteiger partial charge in [-0.15, -0.1) is 0 Å². The predicted molar refractivity (Wildman–Crippen MR) is 76.3 cm³/mol. The van der Waals surface area contributed by atoms with Gasteiger partial charge in [-0.1, -0.05) is 6.08 Å². The largest absolute Gasteiger partial charge is 0.444 e. The molecule has 2 heterocycles. The molecule has 2 rings (SSSR count). The lowest BCUT2D eigenvalue weighted by atomic mass is 10.2. The van der Waals surface area contributed by atoms with E-state index in [0.29, 0.717) is 13.1 Å². The number of hydrogen-bond acceptors (Lipinski definition) is 3. The molecular formula is C15H24N2O3. The van der Waals surface area contributed by atoms with E-state index >= 15 is 0 Å². The first-order chi connectivity index (χ1) is 9.31. The van der Waals surface area contributed by atoms with Gasteiger partial charge in [-0.3, -0.25) is 4.79 Å². The van der Waals surface area contributed by atoms with Gasteiger partial charge in [0.2, 0.25) is 5.91 Å². The monoisotopic (exact) mass is 280 g/mol. The van der Waals surface area contributed by atoms with Gasteiger partial charge in [0.25, 0.3) is 0 Å². The second kappa shape index (κ2) is 5.46. The number of carbonyl (C=O) groups excluding carboxylic acids is 2. The van der Waals surface area contributed by atoms with E-state index in [1.165, 1.54) is 0 Å². The van der Waals surface area contributed by atoms with Crippen LogP contribution in [0.2, 0.25) is 0 Å². The Balaban J connectivity index is 1.93. The van der Waals surface area contributed by atoms with E-state index in [1.54, 1.807) is 4.90 Å². The Kier molecular flexibility index (Phi) is 4.06. The molecule has 20 heavy (non-hydrogen) atoms. The number of rotatable bonds is 1. The van der Waals surface area contributed by atoms with E-state index in [0.717, 1.165) is 25.0 Å². The number of likely N-dealkylation sites (tertiary alicyclic amines) is 2. The highest BCUT2D eigenvalue weighted by molar-refractivity contribution is 5.95. The van der Waals surface area contributed by atoms with Gasteiger partial charge >= 0.3 is 6.09 Å². The van der Waals surface area contributed by atoms with Crippen molar-refractivity contribution in [2.24, 2.45) is 0 Å². The molecule has 1 atom stereocenters. The van der Waals surface area contributed by atoms with Crippen molar-refractivity contribution in [2.45, 2.75) is 52.2 Å². The predicted octanol–water partition coefficient (Wildman–Crippen LogP) is 2.17. The van der Waals surface area contributed by atoms with Crippen molar-refractivity contribution < 1.29 is 14.3 Å². The zero-order valence-corrected chi connectivity index (χ0v) is 12.8. The van der Waals surface area contributed by atoms with Crippen LogP contribution >= 0.6 is 0 Å². The van der Waals surface area contributed by atoms with Crippen LogP contribution in [0.15, 0.2) is 11.6 Å². The molecule has 0 radical (unpaired) electrons. The van der Waals surface area contributed by atoms with Crippen LogP contribution in [-0.4, -0.2) is 53.1 Å². The van der Waals surface area contributed by atoms with Crippen LogP contribution in [0.1, 0.15) is 40.5 Å². The van der Waals surface area contributed by atoms with Crippen molar-refractivity contribution in [3.05, 3.63) is 11.6 Å². The van der Waals surface area contributed by atoms with E-state index < -0.39 is 5.60 Å². The second-order valence-corrected chi connectivity index (χ2v) is 6.43. The van der Waals surface area contributed by atoms with Crippen LogP contribution in [0.4, 0.5) is 4.79 Å². The van der Waals surface area contributed by atoms with Gasteiger partial charge in [-0.2, -0.15) is 0 Å². The van der Waals surface area contributed by atoms with Crippen LogP contribution in [-0.2, 0) is 9.53 Å². The summed E-state index contributed by atoms with van der Waals surface area (Å²) in [7, 11) is 0. The van der Waals surface area contributed by atoms with E-state index in [4.69, 9.17) is 4.74 Å². The average Bonchev–Trinajstić information content (AvgIpc) is 2.92.